The molecule has 0 aromatic heterocycles. The van der Waals surface area contributed by atoms with Crippen LogP contribution in [0.4, 0.5) is 18.9 Å². The van der Waals surface area contributed by atoms with Crippen LogP contribution in [0.1, 0.15) is 18.1 Å². The van der Waals surface area contributed by atoms with Gasteiger partial charge in [0.05, 0.1) is 23.8 Å². The number of anilines is 1. The number of benzene rings is 2. The molecule has 0 heterocycles. The molecule has 0 spiro atoms. The van der Waals surface area contributed by atoms with Crippen LogP contribution in [0, 0.1) is 0 Å². The minimum Gasteiger partial charge on any atom is -0.340 e. The number of carbonyl (C=O) groups excluding carboxylic acids is 2. The molecule has 2 aromatic rings. The first-order valence-corrected chi connectivity index (χ1v) is 9.05. The van der Waals surface area contributed by atoms with Gasteiger partial charge >= 0.3 is 6.18 Å². The molecule has 2 amide bonds. The summed E-state index contributed by atoms with van der Waals surface area (Å²) in [6, 6.07) is 13.6. The number of amides is 2. The van der Waals surface area contributed by atoms with Crippen LogP contribution in [0.15, 0.2) is 54.6 Å². The molecule has 0 radical (unpaired) electrons. The molecule has 156 valence electrons. The summed E-state index contributed by atoms with van der Waals surface area (Å²) in [5.74, 6) is -0.825. The third-order valence-electron chi connectivity index (χ3n) is 4.56. The molecule has 2 rings (SSSR count). The van der Waals surface area contributed by atoms with E-state index in [-0.39, 0.29) is 18.1 Å². The maximum atomic E-state index is 13.1. The molecule has 0 saturated carbocycles. The van der Waals surface area contributed by atoms with Crippen LogP contribution in [0.3, 0.4) is 0 Å². The first-order chi connectivity index (χ1) is 13.6. The number of hydrogen-bond acceptors (Lipinski definition) is 3. The van der Waals surface area contributed by atoms with Gasteiger partial charge in [0.1, 0.15) is 0 Å². The van der Waals surface area contributed by atoms with Crippen molar-refractivity contribution < 1.29 is 22.8 Å². The molecule has 0 bridgehead atoms. The zero-order valence-corrected chi connectivity index (χ0v) is 16.5. The molecule has 1 N–H and O–H groups in total. The lowest BCUT2D eigenvalue weighted by atomic mass is 10.1. The monoisotopic (exact) mass is 407 g/mol. The van der Waals surface area contributed by atoms with Crippen LogP contribution in [0.2, 0.25) is 0 Å². The maximum Gasteiger partial charge on any atom is 0.418 e. The van der Waals surface area contributed by atoms with Gasteiger partial charge in [0.25, 0.3) is 0 Å². The summed E-state index contributed by atoms with van der Waals surface area (Å²) in [7, 11) is 3.24. The van der Waals surface area contributed by atoms with E-state index >= 15 is 0 Å². The van der Waals surface area contributed by atoms with E-state index in [0.717, 1.165) is 11.6 Å². The summed E-state index contributed by atoms with van der Waals surface area (Å²) in [5, 5.41) is 2.29. The van der Waals surface area contributed by atoms with Crippen molar-refractivity contribution in [3.8, 4) is 0 Å². The summed E-state index contributed by atoms with van der Waals surface area (Å²) in [6.45, 7) is 1.85. The highest BCUT2D eigenvalue weighted by molar-refractivity contribution is 5.93. The number of hydrogen-bond donors (Lipinski definition) is 1. The second kappa shape index (κ2) is 9.56. The van der Waals surface area contributed by atoms with E-state index in [1.165, 1.54) is 23.1 Å². The molecule has 0 fully saturated rings. The van der Waals surface area contributed by atoms with Crippen LogP contribution in [-0.4, -0.2) is 48.3 Å². The summed E-state index contributed by atoms with van der Waals surface area (Å²) < 4.78 is 39.2. The molecule has 0 aliphatic heterocycles. The summed E-state index contributed by atoms with van der Waals surface area (Å²) >= 11 is 0. The fourth-order valence-electron chi connectivity index (χ4n) is 2.84. The van der Waals surface area contributed by atoms with Crippen LogP contribution < -0.4 is 5.32 Å². The van der Waals surface area contributed by atoms with Crippen molar-refractivity contribution >= 4 is 17.5 Å². The largest absolute Gasteiger partial charge is 0.418 e. The lowest BCUT2D eigenvalue weighted by molar-refractivity contribution is -0.137. The summed E-state index contributed by atoms with van der Waals surface area (Å²) in [4.78, 5) is 27.9. The second-order valence-electron chi connectivity index (χ2n) is 6.86. The Balaban J connectivity index is 1.96. The second-order valence-corrected chi connectivity index (χ2v) is 6.86. The predicted octanol–water partition coefficient (Wildman–Crippen LogP) is 3.62. The average Bonchev–Trinajstić information content (AvgIpc) is 2.67. The van der Waals surface area contributed by atoms with Gasteiger partial charge in [-0.05, 0) is 31.7 Å². The SMILES string of the molecule is C[C@@H](C(=O)N(C)Cc1ccccc1)N(C)CC(=O)Nc1ccccc1C(F)(F)F. The molecule has 8 heteroatoms. The molecule has 29 heavy (non-hydrogen) atoms. The lowest BCUT2D eigenvalue weighted by Gasteiger charge is -2.28. The Morgan fingerprint density at radius 1 is 1.00 bits per heavy atom. The van der Waals surface area contributed by atoms with Crippen LogP contribution in [0.25, 0.3) is 0 Å². The summed E-state index contributed by atoms with van der Waals surface area (Å²) in [6.07, 6.45) is -4.57. The highest BCUT2D eigenvalue weighted by atomic mass is 19.4. The molecule has 1 atom stereocenters. The topological polar surface area (TPSA) is 52.7 Å². The third kappa shape index (κ3) is 6.32. The molecule has 0 unspecified atom stereocenters. The predicted molar refractivity (Wildman–Crippen MR) is 105 cm³/mol. The van der Waals surface area contributed by atoms with E-state index < -0.39 is 23.7 Å². The Kier molecular flexibility index (Phi) is 7.39. The van der Waals surface area contributed by atoms with Gasteiger partial charge in [-0.15, -0.1) is 0 Å². The Labute approximate surface area is 168 Å². The number of nitrogens with one attached hydrogen (secondary N) is 1. The zero-order chi connectivity index (χ0) is 21.6. The van der Waals surface area contributed by atoms with Gasteiger partial charge in [-0.1, -0.05) is 42.5 Å². The standard InChI is InChI=1S/C21H24F3N3O2/c1-15(20(29)27(3)13-16-9-5-4-6-10-16)26(2)14-19(28)25-18-12-8-7-11-17(18)21(22,23)24/h4-12,15H,13-14H2,1-3H3,(H,25,28)/t15-/m0/s1. The Hall–Kier alpha value is -2.87. The minimum atomic E-state index is -4.57. The van der Waals surface area contributed by atoms with Crippen molar-refractivity contribution in [3.05, 3.63) is 65.7 Å². The van der Waals surface area contributed by atoms with E-state index in [4.69, 9.17) is 0 Å². The number of likely N-dealkylation sites (N-methyl/N-ethyl adjacent to an activating group) is 2. The Morgan fingerprint density at radius 2 is 1.59 bits per heavy atom. The number of para-hydroxylation sites is 1. The van der Waals surface area contributed by atoms with Gasteiger partial charge in [0.2, 0.25) is 11.8 Å². The van der Waals surface area contributed by atoms with Crippen molar-refractivity contribution in [1.82, 2.24) is 9.80 Å². The van der Waals surface area contributed by atoms with Gasteiger partial charge in [-0.25, -0.2) is 0 Å². The van der Waals surface area contributed by atoms with Crippen molar-refractivity contribution in [2.75, 3.05) is 26.0 Å². The first-order valence-electron chi connectivity index (χ1n) is 9.05. The van der Waals surface area contributed by atoms with Crippen LogP contribution in [-0.2, 0) is 22.3 Å². The normalized spacial score (nSPS) is 12.5. The average molecular weight is 407 g/mol. The minimum absolute atomic E-state index is 0.195. The molecule has 2 aromatic carbocycles. The highest BCUT2D eigenvalue weighted by Gasteiger charge is 2.33. The molecule has 0 aliphatic rings. The lowest BCUT2D eigenvalue weighted by Crippen LogP contribution is -2.46. The van der Waals surface area contributed by atoms with Gasteiger partial charge in [-0.3, -0.25) is 14.5 Å². The fourth-order valence-corrected chi connectivity index (χ4v) is 2.84. The molecular weight excluding hydrogens is 383 g/mol. The zero-order valence-electron chi connectivity index (χ0n) is 16.5. The van der Waals surface area contributed by atoms with E-state index in [1.54, 1.807) is 25.9 Å². The number of halogens is 3. The Bertz CT molecular complexity index is 841. The first kappa shape index (κ1) is 22.4. The quantitative estimate of drug-likeness (QED) is 0.763. The van der Waals surface area contributed by atoms with Crippen molar-refractivity contribution in [2.24, 2.45) is 0 Å². The highest BCUT2D eigenvalue weighted by Crippen LogP contribution is 2.34. The van der Waals surface area contributed by atoms with Crippen LogP contribution >= 0.6 is 0 Å². The van der Waals surface area contributed by atoms with Gasteiger partial charge in [0.15, 0.2) is 0 Å². The molecule has 5 nitrogen and oxygen atoms in total. The number of alkyl halides is 3. The third-order valence-corrected chi connectivity index (χ3v) is 4.56. The molecule has 0 saturated heterocycles. The van der Waals surface area contributed by atoms with E-state index in [2.05, 4.69) is 5.32 Å². The fraction of sp³-hybridized carbons (Fsp3) is 0.333. The van der Waals surface area contributed by atoms with Crippen molar-refractivity contribution in [1.29, 1.82) is 0 Å². The van der Waals surface area contributed by atoms with Crippen LogP contribution in [0.5, 0.6) is 0 Å². The number of nitrogens with zero attached hydrogens (tertiary/aromatic N) is 2. The van der Waals surface area contributed by atoms with Crippen molar-refractivity contribution in [3.63, 3.8) is 0 Å². The Morgan fingerprint density at radius 3 is 2.21 bits per heavy atom. The number of carbonyl (C=O) groups is 2. The maximum absolute atomic E-state index is 13.1. The smallest absolute Gasteiger partial charge is 0.340 e. The van der Waals surface area contributed by atoms with E-state index in [1.807, 2.05) is 30.3 Å². The van der Waals surface area contributed by atoms with E-state index in [9.17, 15) is 22.8 Å². The van der Waals surface area contributed by atoms with Gasteiger partial charge in [-0.2, -0.15) is 13.2 Å². The number of rotatable bonds is 7. The van der Waals surface area contributed by atoms with E-state index in [0.29, 0.717) is 6.54 Å². The van der Waals surface area contributed by atoms with Crippen molar-refractivity contribution in [2.45, 2.75) is 25.7 Å². The summed E-state index contributed by atoms with van der Waals surface area (Å²) in [5.41, 5.74) is -0.249. The van der Waals surface area contributed by atoms with Gasteiger partial charge in [0, 0.05) is 13.6 Å². The van der Waals surface area contributed by atoms with Gasteiger partial charge < -0.3 is 10.2 Å². The molecular formula is C21H24F3N3O2. The molecule has 0 aliphatic carbocycles.